The van der Waals surface area contributed by atoms with Crippen molar-refractivity contribution in [2.24, 2.45) is 5.73 Å². The minimum absolute atomic E-state index is 0.00747. The van der Waals surface area contributed by atoms with Crippen LogP contribution in [0.2, 0.25) is 0 Å². The van der Waals surface area contributed by atoms with Gasteiger partial charge in [0.2, 0.25) is 35.4 Å². The fourth-order valence-corrected chi connectivity index (χ4v) is 5.74. The summed E-state index contributed by atoms with van der Waals surface area (Å²) in [5, 5.41) is 33.3. The number of nitrogens with one attached hydrogen (secondary N) is 7. The zero-order valence-electron chi connectivity index (χ0n) is 27.3. The third-order valence-corrected chi connectivity index (χ3v) is 8.51. The second-order valence-corrected chi connectivity index (χ2v) is 12.2. The normalized spacial score (nSPS) is 16.3. The van der Waals surface area contributed by atoms with Crippen molar-refractivity contribution in [1.29, 1.82) is 0 Å². The Kier molecular flexibility index (Phi) is 11.6. The lowest BCUT2D eigenvalue weighted by atomic mass is 10.0. The third kappa shape index (κ3) is 9.48. The predicted molar refractivity (Wildman–Crippen MR) is 181 cm³/mol. The summed E-state index contributed by atoms with van der Waals surface area (Å²) in [4.78, 5) is 87.9. The van der Waals surface area contributed by atoms with Crippen LogP contribution in [-0.4, -0.2) is 97.4 Å². The number of aliphatic hydroxyl groups excluding tert-OH is 1. The molecule has 17 heteroatoms. The monoisotopic (exact) mass is 701 g/mol. The van der Waals surface area contributed by atoms with Crippen LogP contribution < -0.4 is 32.3 Å². The first-order valence-electron chi connectivity index (χ1n) is 16.2. The molecule has 3 heterocycles. The number of fused-ring (bicyclic) bond motifs is 1. The predicted octanol–water partition coefficient (Wildman–Crippen LogP) is -1.68. The van der Waals surface area contributed by atoms with E-state index in [-0.39, 0.29) is 43.8 Å². The van der Waals surface area contributed by atoms with E-state index in [4.69, 9.17) is 5.73 Å². The SMILES string of the molecule is NC(=O)[C@H](Cc1ccc(O)cc1)NC(=O)[C@H](CO)NC(=O)[C@H](Cc1c[nH]c2ccccc12)NC(=O)[C@H](Cc1cnc[nH]1)NC(=O)[C@@H]1CCC(=O)N1. The Morgan fingerprint density at radius 2 is 1.51 bits per heavy atom. The van der Waals surface area contributed by atoms with E-state index in [0.29, 0.717) is 16.8 Å². The fraction of sp³-hybridized carbons (Fsp3) is 0.324. The Hall–Kier alpha value is -6.23. The van der Waals surface area contributed by atoms with Gasteiger partial charge >= 0.3 is 0 Å². The van der Waals surface area contributed by atoms with Gasteiger partial charge in [0.05, 0.1) is 12.9 Å². The average molecular weight is 702 g/mol. The van der Waals surface area contributed by atoms with Crippen LogP contribution in [0.15, 0.2) is 67.3 Å². The summed E-state index contributed by atoms with van der Waals surface area (Å²) in [6, 6.07) is 7.09. The van der Waals surface area contributed by atoms with E-state index in [0.717, 1.165) is 10.9 Å². The number of H-pyrrole nitrogens is 2. The maximum atomic E-state index is 13.9. The molecule has 2 aromatic carbocycles. The summed E-state index contributed by atoms with van der Waals surface area (Å²) in [7, 11) is 0. The number of carbonyl (C=O) groups excluding carboxylic acids is 6. The number of phenolic OH excluding ortho intramolecular Hbond substituents is 1. The smallest absolute Gasteiger partial charge is 0.245 e. The quantitative estimate of drug-likeness (QED) is 0.0638. The summed E-state index contributed by atoms with van der Waals surface area (Å²) in [5.74, 6) is -4.22. The lowest BCUT2D eigenvalue weighted by Crippen LogP contribution is -2.60. The number of hydrogen-bond acceptors (Lipinski definition) is 9. The highest BCUT2D eigenvalue weighted by Gasteiger charge is 2.34. The molecule has 51 heavy (non-hydrogen) atoms. The first-order valence-corrected chi connectivity index (χ1v) is 16.2. The van der Waals surface area contributed by atoms with Gasteiger partial charge in [-0.3, -0.25) is 28.8 Å². The number of phenols is 1. The topological polar surface area (TPSA) is 274 Å². The Labute approximate surface area is 291 Å². The largest absolute Gasteiger partial charge is 0.508 e. The van der Waals surface area contributed by atoms with Gasteiger partial charge in [-0.1, -0.05) is 30.3 Å². The molecule has 0 radical (unpaired) electrons. The van der Waals surface area contributed by atoms with Crippen LogP contribution in [0.25, 0.3) is 10.9 Å². The van der Waals surface area contributed by atoms with Gasteiger partial charge in [-0.15, -0.1) is 0 Å². The number of para-hydroxylation sites is 1. The first-order chi connectivity index (χ1) is 24.5. The second kappa shape index (κ2) is 16.4. The van der Waals surface area contributed by atoms with Gasteiger partial charge in [0.1, 0.15) is 36.0 Å². The molecule has 0 aliphatic carbocycles. The van der Waals surface area contributed by atoms with E-state index in [1.165, 1.54) is 24.7 Å². The van der Waals surface area contributed by atoms with Crippen molar-refractivity contribution >= 4 is 46.3 Å². The van der Waals surface area contributed by atoms with Crippen molar-refractivity contribution in [3.05, 3.63) is 84.1 Å². The van der Waals surface area contributed by atoms with E-state index in [2.05, 4.69) is 41.5 Å². The van der Waals surface area contributed by atoms with Crippen molar-refractivity contribution in [3.63, 3.8) is 0 Å². The lowest BCUT2D eigenvalue weighted by Gasteiger charge is -2.26. The average Bonchev–Trinajstić information content (AvgIpc) is 3.89. The van der Waals surface area contributed by atoms with Crippen LogP contribution in [0.5, 0.6) is 5.75 Å². The molecule has 0 bridgehead atoms. The number of aromatic amines is 2. The van der Waals surface area contributed by atoms with E-state index in [1.54, 1.807) is 18.3 Å². The molecule has 1 saturated heterocycles. The van der Waals surface area contributed by atoms with Crippen molar-refractivity contribution in [3.8, 4) is 5.75 Å². The highest BCUT2D eigenvalue weighted by atomic mass is 16.3. The summed E-state index contributed by atoms with van der Waals surface area (Å²) >= 11 is 0. The molecule has 2 aromatic heterocycles. The van der Waals surface area contributed by atoms with Crippen LogP contribution in [0.4, 0.5) is 0 Å². The molecule has 0 unspecified atom stereocenters. The number of aromatic nitrogens is 3. The lowest BCUT2D eigenvalue weighted by molar-refractivity contribution is -0.135. The molecule has 11 N–H and O–H groups in total. The Bertz CT molecular complexity index is 1880. The van der Waals surface area contributed by atoms with Gasteiger partial charge in [0.25, 0.3) is 0 Å². The van der Waals surface area contributed by atoms with Crippen LogP contribution in [-0.2, 0) is 48.0 Å². The van der Waals surface area contributed by atoms with Gasteiger partial charge < -0.3 is 52.5 Å². The molecule has 17 nitrogen and oxygen atoms in total. The Balaban J connectivity index is 1.35. The number of aromatic hydroxyl groups is 1. The zero-order chi connectivity index (χ0) is 36.5. The zero-order valence-corrected chi connectivity index (χ0v) is 27.3. The third-order valence-electron chi connectivity index (χ3n) is 8.51. The Morgan fingerprint density at radius 3 is 2.16 bits per heavy atom. The summed E-state index contributed by atoms with van der Waals surface area (Å²) in [6.07, 6.45) is 4.87. The summed E-state index contributed by atoms with van der Waals surface area (Å²) < 4.78 is 0. The summed E-state index contributed by atoms with van der Waals surface area (Å²) in [6.45, 7) is -0.859. The van der Waals surface area contributed by atoms with Crippen LogP contribution in [0, 0.1) is 0 Å². The van der Waals surface area contributed by atoms with Gasteiger partial charge in [-0.25, -0.2) is 4.98 Å². The van der Waals surface area contributed by atoms with E-state index >= 15 is 0 Å². The highest BCUT2D eigenvalue weighted by Crippen LogP contribution is 2.20. The molecular formula is C34H39N9O8. The number of benzene rings is 2. The number of nitrogens with two attached hydrogens (primary N) is 1. The molecule has 5 rings (SSSR count). The molecule has 1 fully saturated rings. The molecule has 1 aliphatic heterocycles. The number of imidazole rings is 1. The van der Waals surface area contributed by atoms with Crippen LogP contribution >= 0.6 is 0 Å². The number of amides is 6. The van der Waals surface area contributed by atoms with Gasteiger partial charge in [0.15, 0.2) is 0 Å². The number of rotatable bonds is 16. The van der Waals surface area contributed by atoms with Gasteiger partial charge in [-0.05, 0) is 35.7 Å². The standard InChI is InChI=1S/C34H39N9O8/c35-30(47)25(11-18-5-7-21(45)8-6-18)40-34(51)28(16-44)43-32(49)26(12-19-14-37-23-4-2-1-3-22(19)23)41-33(50)27(13-20-15-36-17-38-20)42-31(48)24-9-10-29(46)39-24/h1-8,14-15,17,24-28,37,44-45H,9-13,16H2,(H2,35,47)(H,36,38)(H,39,46)(H,40,51)(H,41,50)(H,42,48)(H,43,49)/t24-,25-,26-,27-,28-/m0/s1. The maximum absolute atomic E-state index is 13.9. The van der Waals surface area contributed by atoms with Crippen molar-refractivity contribution < 1.29 is 39.0 Å². The summed E-state index contributed by atoms with van der Waals surface area (Å²) in [5.41, 5.74) is 8.05. The molecule has 6 amide bonds. The number of aliphatic hydroxyl groups is 1. The molecule has 4 aromatic rings. The van der Waals surface area contributed by atoms with Crippen molar-refractivity contribution in [1.82, 2.24) is 41.5 Å². The van der Waals surface area contributed by atoms with Gasteiger partial charge in [0, 0.05) is 54.7 Å². The van der Waals surface area contributed by atoms with Crippen molar-refractivity contribution in [2.45, 2.75) is 62.3 Å². The maximum Gasteiger partial charge on any atom is 0.245 e. The molecular weight excluding hydrogens is 662 g/mol. The molecule has 0 saturated carbocycles. The molecule has 1 aliphatic rings. The number of hydrogen-bond donors (Lipinski definition) is 10. The van der Waals surface area contributed by atoms with Crippen LogP contribution in [0.3, 0.4) is 0 Å². The number of carbonyl (C=O) groups is 6. The van der Waals surface area contributed by atoms with E-state index in [1.807, 2.05) is 24.3 Å². The first kappa shape index (κ1) is 36.1. The van der Waals surface area contributed by atoms with Gasteiger partial charge in [-0.2, -0.15) is 0 Å². The van der Waals surface area contributed by atoms with E-state index in [9.17, 15) is 39.0 Å². The highest BCUT2D eigenvalue weighted by molar-refractivity contribution is 5.97. The minimum atomic E-state index is -1.55. The Morgan fingerprint density at radius 1 is 0.843 bits per heavy atom. The minimum Gasteiger partial charge on any atom is -0.508 e. The van der Waals surface area contributed by atoms with Crippen LogP contribution in [0.1, 0.15) is 29.7 Å². The second-order valence-electron chi connectivity index (χ2n) is 12.2. The number of nitrogens with zero attached hydrogens (tertiary/aromatic N) is 1. The van der Waals surface area contributed by atoms with Crippen molar-refractivity contribution in [2.75, 3.05) is 6.61 Å². The number of primary amides is 1. The van der Waals surface area contributed by atoms with E-state index < -0.39 is 66.4 Å². The molecule has 268 valence electrons. The molecule has 5 atom stereocenters. The molecule has 0 spiro atoms. The fourth-order valence-electron chi connectivity index (χ4n) is 5.74.